The van der Waals surface area contributed by atoms with E-state index in [4.69, 9.17) is 5.73 Å². The van der Waals surface area contributed by atoms with E-state index in [1.165, 1.54) is 5.56 Å². The quantitative estimate of drug-likeness (QED) is 0.657. The molecule has 0 spiro atoms. The number of pyridine rings is 1. The number of nitrogens with zero attached hydrogens (tertiary/aromatic N) is 2. The molecule has 116 valence electrons. The van der Waals surface area contributed by atoms with Crippen molar-refractivity contribution in [3.8, 4) is 0 Å². The fourth-order valence-corrected chi connectivity index (χ4v) is 2.18. The van der Waals surface area contributed by atoms with E-state index in [1.807, 2.05) is 31.2 Å². The number of aryl methyl sites for hydroxylation is 2. The second-order valence-corrected chi connectivity index (χ2v) is 5.00. The zero-order valence-electron chi connectivity index (χ0n) is 13.0. The third kappa shape index (κ3) is 3.97. The average molecular weight is 298 g/mol. The third-order valence-corrected chi connectivity index (χ3v) is 3.47. The lowest BCUT2D eigenvalue weighted by molar-refractivity contribution is 0.714. The van der Waals surface area contributed by atoms with Gasteiger partial charge in [0.25, 0.3) is 5.56 Å². The number of aromatic nitrogens is 1. The highest BCUT2D eigenvalue weighted by molar-refractivity contribution is 5.92. The van der Waals surface area contributed by atoms with E-state index >= 15 is 0 Å². The molecule has 2 rings (SSSR count). The van der Waals surface area contributed by atoms with Gasteiger partial charge in [-0.1, -0.05) is 25.1 Å². The molecule has 0 radical (unpaired) electrons. The van der Waals surface area contributed by atoms with E-state index in [0.717, 1.165) is 12.1 Å². The Kier molecular flexibility index (Phi) is 5.36. The van der Waals surface area contributed by atoms with Crippen LogP contribution in [0.15, 0.2) is 52.4 Å². The first kappa shape index (κ1) is 15.8. The van der Waals surface area contributed by atoms with Crippen LogP contribution in [0, 0.1) is 0 Å². The van der Waals surface area contributed by atoms with Gasteiger partial charge in [0, 0.05) is 24.0 Å². The molecular formula is C17H22N4O. The lowest BCUT2D eigenvalue weighted by Crippen LogP contribution is -2.25. The molecule has 1 aromatic heterocycles. The minimum absolute atomic E-state index is 0.0190. The summed E-state index contributed by atoms with van der Waals surface area (Å²) in [4.78, 5) is 16.3. The number of aliphatic imine (C=N–C) groups is 1. The van der Waals surface area contributed by atoms with Crippen molar-refractivity contribution in [2.75, 3.05) is 5.32 Å². The molecule has 0 fully saturated rings. The second-order valence-electron chi connectivity index (χ2n) is 5.00. The standard InChI is InChI=1S/C17H22N4O/c1-3-13-7-5-9-15(11-13)20-17(18)19-12-14-8-6-10-21(4-2)16(14)22/h5-11H,3-4,12H2,1-2H3,(H3,18,19,20). The van der Waals surface area contributed by atoms with Crippen LogP contribution in [-0.2, 0) is 19.5 Å². The Balaban J connectivity index is 2.08. The monoisotopic (exact) mass is 298 g/mol. The Hall–Kier alpha value is -2.56. The predicted octanol–water partition coefficient (Wildman–Crippen LogP) is 2.36. The Labute approximate surface area is 130 Å². The Bertz CT molecular complexity index is 719. The molecule has 1 aromatic carbocycles. The van der Waals surface area contributed by atoms with Crippen LogP contribution < -0.4 is 16.6 Å². The molecule has 0 bridgehead atoms. The van der Waals surface area contributed by atoms with Crippen LogP contribution in [0.4, 0.5) is 5.69 Å². The fourth-order valence-electron chi connectivity index (χ4n) is 2.18. The van der Waals surface area contributed by atoms with Gasteiger partial charge < -0.3 is 15.6 Å². The van der Waals surface area contributed by atoms with Gasteiger partial charge in [-0.15, -0.1) is 0 Å². The van der Waals surface area contributed by atoms with Crippen molar-refractivity contribution < 1.29 is 0 Å². The summed E-state index contributed by atoms with van der Waals surface area (Å²) in [5.41, 5.74) is 8.64. The Morgan fingerprint density at radius 2 is 2.09 bits per heavy atom. The Morgan fingerprint density at radius 3 is 2.82 bits per heavy atom. The van der Waals surface area contributed by atoms with E-state index in [0.29, 0.717) is 18.1 Å². The first-order valence-corrected chi connectivity index (χ1v) is 7.48. The highest BCUT2D eigenvalue weighted by atomic mass is 16.1. The molecule has 1 heterocycles. The summed E-state index contributed by atoms with van der Waals surface area (Å²) < 4.78 is 1.65. The topological polar surface area (TPSA) is 72.4 Å². The second kappa shape index (κ2) is 7.45. The van der Waals surface area contributed by atoms with E-state index in [-0.39, 0.29) is 12.1 Å². The van der Waals surface area contributed by atoms with Crippen LogP contribution in [0.25, 0.3) is 0 Å². The van der Waals surface area contributed by atoms with E-state index < -0.39 is 0 Å². The largest absolute Gasteiger partial charge is 0.370 e. The molecule has 0 saturated carbocycles. The van der Waals surface area contributed by atoms with Crippen molar-refractivity contribution in [3.63, 3.8) is 0 Å². The van der Waals surface area contributed by atoms with Crippen molar-refractivity contribution in [2.24, 2.45) is 10.7 Å². The molecule has 0 aliphatic carbocycles. The van der Waals surface area contributed by atoms with E-state index in [1.54, 1.807) is 16.8 Å². The van der Waals surface area contributed by atoms with Gasteiger partial charge in [0.2, 0.25) is 0 Å². The molecule has 2 aromatic rings. The maximum atomic E-state index is 12.1. The molecule has 22 heavy (non-hydrogen) atoms. The molecule has 0 amide bonds. The molecule has 0 unspecified atom stereocenters. The zero-order valence-corrected chi connectivity index (χ0v) is 13.0. The van der Waals surface area contributed by atoms with E-state index in [9.17, 15) is 4.79 Å². The maximum absolute atomic E-state index is 12.1. The number of nitrogens with one attached hydrogen (secondary N) is 1. The molecule has 0 atom stereocenters. The van der Waals surface area contributed by atoms with Crippen LogP contribution in [0.5, 0.6) is 0 Å². The number of benzene rings is 1. The van der Waals surface area contributed by atoms with Crippen molar-refractivity contribution in [1.82, 2.24) is 4.57 Å². The fraction of sp³-hybridized carbons (Fsp3) is 0.294. The van der Waals surface area contributed by atoms with Gasteiger partial charge in [0.15, 0.2) is 5.96 Å². The number of rotatable bonds is 5. The highest BCUT2D eigenvalue weighted by Gasteiger charge is 2.02. The van der Waals surface area contributed by atoms with Gasteiger partial charge in [-0.05, 0) is 37.1 Å². The summed E-state index contributed by atoms with van der Waals surface area (Å²) in [6.07, 6.45) is 2.74. The number of hydrogen-bond acceptors (Lipinski definition) is 2. The van der Waals surface area contributed by atoms with Crippen molar-refractivity contribution in [1.29, 1.82) is 0 Å². The lowest BCUT2D eigenvalue weighted by Gasteiger charge is -2.07. The van der Waals surface area contributed by atoms with Gasteiger partial charge in [-0.2, -0.15) is 0 Å². The minimum Gasteiger partial charge on any atom is -0.370 e. The molecule has 0 saturated heterocycles. The summed E-state index contributed by atoms with van der Waals surface area (Å²) in [6.45, 7) is 4.95. The lowest BCUT2D eigenvalue weighted by atomic mass is 10.1. The summed E-state index contributed by atoms with van der Waals surface area (Å²) in [5, 5.41) is 3.05. The summed E-state index contributed by atoms with van der Waals surface area (Å²) >= 11 is 0. The van der Waals surface area contributed by atoms with Gasteiger partial charge in [0.05, 0.1) is 6.54 Å². The van der Waals surface area contributed by atoms with E-state index in [2.05, 4.69) is 23.3 Å². The van der Waals surface area contributed by atoms with Crippen molar-refractivity contribution >= 4 is 11.6 Å². The molecule has 5 heteroatoms. The predicted molar refractivity (Wildman–Crippen MR) is 91.1 cm³/mol. The number of nitrogens with two attached hydrogens (primary N) is 1. The molecule has 0 aliphatic heterocycles. The summed E-state index contributed by atoms with van der Waals surface area (Å²) in [7, 11) is 0. The molecular weight excluding hydrogens is 276 g/mol. The normalized spacial score (nSPS) is 11.5. The number of guanidine groups is 1. The Morgan fingerprint density at radius 1 is 1.27 bits per heavy atom. The SMILES string of the molecule is CCc1cccc(NC(N)=NCc2cccn(CC)c2=O)c1. The van der Waals surface area contributed by atoms with Crippen molar-refractivity contribution in [3.05, 3.63) is 64.1 Å². The third-order valence-electron chi connectivity index (χ3n) is 3.47. The van der Waals surface area contributed by atoms with Crippen LogP contribution in [0.1, 0.15) is 25.0 Å². The maximum Gasteiger partial charge on any atom is 0.255 e. The van der Waals surface area contributed by atoms with Crippen LogP contribution in [-0.4, -0.2) is 10.5 Å². The smallest absolute Gasteiger partial charge is 0.255 e. The van der Waals surface area contributed by atoms with Crippen LogP contribution in [0.3, 0.4) is 0 Å². The first-order chi connectivity index (χ1) is 10.6. The van der Waals surface area contributed by atoms with Crippen molar-refractivity contribution in [2.45, 2.75) is 33.4 Å². The first-order valence-electron chi connectivity index (χ1n) is 7.48. The minimum atomic E-state index is -0.0190. The number of hydrogen-bond donors (Lipinski definition) is 2. The summed E-state index contributed by atoms with van der Waals surface area (Å²) in [6, 6.07) is 11.7. The van der Waals surface area contributed by atoms with Crippen LogP contribution in [0.2, 0.25) is 0 Å². The highest BCUT2D eigenvalue weighted by Crippen LogP contribution is 2.10. The summed E-state index contributed by atoms with van der Waals surface area (Å²) in [5.74, 6) is 0.305. The molecule has 5 nitrogen and oxygen atoms in total. The number of anilines is 1. The molecule has 0 aliphatic rings. The average Bonchev–Trinajstić information content (AvgIpc) is 2.54. The van der Waals surface area contributed by atoms with Gasteiger partial charge in [0.1, 0.15) is 0 Å². The van der Waals surface area contributed by atoms with Gasteiger partial charge in [-0.25, -0.2) is 4.99 Å². The van der Waals surface area contributed by atoms with Crippen LogP contribution >= 0.6 is 0 Å². The van der Waals surface area contributed by atoms with Gasteiger partial charge >= 0.3 is 0 Å². The zero-order chi connectivity index (χ0) is 15.9. The van der Waals surface area contributed by atoms with Gasteiger partial charge in [-0.3, -0.25) is 4.79 Å². The molecule has 3 N–H and O–H groups in total.